The summed E-state index contributed by atoms with van der Waals surface area (Å²) in [7, 11) is 9.07. The molecule has 0 aromatic heterocycles. The Bertz CT molecular complexity index is 3300. The van der Waals surface area contributed by atoms with E-state index in [9.17, 15) is 9.59 Å². The Morgan fingerprint density at radius 3 is 1.91 bits per heavy atom. The molecule has 2 saturated heterocycles. The molecule has 108 heavy (non-hydrogen) atoms. The van der Waals surface area contributed by atoms with Gasteiger partial charge in [0.1, 0.15) is 53.9 Å². The predicted octanol–water partition coefficient (Wildman–Crippen LogP) is 7.33. The highest BCUT2D eigenvalue weighted by Gasteiger charge is 2.59. The number of amides is 12. The Labute approximate surface area is 651 Å². The highest BCUT2D eigenvalue weighted by Crippen LogP contribution is 2.50. The number of nitrogens with one attached hydrogen (secondary N) is 3. The van der Waals surface area contributed by atoms with Gasteiger partial charge in [0.2, 0.25) is 70.9 Å². The highest BCUT2D eigenvalue weighted by molar-refractivity contribution is 6.30. The van der Waals surface area contributed by atoms with Crippen molar-refractivity contribution in [2.24, 2.45) is 35.0 Å². The van der Waals surface area contributed by atoms with Gasteiger partial charge in [-0.15, -0.1) is 23.2 Å². The number of nitrogens with zero attached hydrogens (tertiary/aromatic N) is 9. The van der Waals surface area contributed by atoms with Crippen molar-refractivity contribution in [3.8, 4) is 0 Å². The number of carbonyl (C=O) groups excluding carboxylic acids is 12. The van der Waals surface area contributed by atoms with Crippen LogP contribution >= 0.6 is 23.2 Å². The van der Waals surface area contributed by atoms with E-state index in [2.05, 4.69) is 28.1 Å². The normalized spacial score (nSPS) is 34.1. The number of allylic oxidation sites excluding steroid dienone is 2. The number of fused-ring (bicyclic) bond motifs is 22. The van der Waals surface area contributed by atoms with E-state index in [0.29, 0.717) is 83.7 Å². The highest BCUT2D eigenvalue weighted by atomic mass is 35.5. The summed E-state index contributed by atoms with van der Waals surface area (Å²) in [6.45, 7) is 7.63. The van der Waals surface area contributed by atoms with Crippen LogP contribution < -0.4 is 16.0 Å². The van der Waals surface area contributed by atoms with E-state index in [4.69, 9.17) is 27.9 Å². The van der Waals surface area contributed by atoms with Crippen molar-refractivity contribution in [1.82, 2.24) is 60.0 Å². The smallest absolute Gasteiger partial charge is 0.248 e. The first-order valence-electron chi connectivity index (χ1n) is 41.0. The third kappa shape index (κ3) is 20.1. The van der Waals surface area contributed by atoms with E-state index in [-0.39, 0.29) is 98.6 Å². The second kappa shape index (κ2) is 37.3. The lowest BCUT2D eigenvalue weighted by Crippen LogP contribution is -2.71. The molecule has 13 atom stereocenters. The van der Waals surface area contributed by atoms with Crippen molar-refractivity contribution in [2.75, 3.05) is 81.6 Å². The van der Waals surface area contributed by atoms with Crippen LogP contribution in [0.5, 0.6) is 0 Å². The van der Waals surface area contributed by atoms with Gasteiger partial charge in [0.15, 0.2) is 0 Å². The molecule has 12 aliphatic rings. The zero-order chi connectivity index (χ0) is 78.1. The zero-order valence-electron chi connectivity index (χ0n) is 66.2. The van der Waals surface area contributed by atoms with Crippen LogP contribution in [0.25, 0.3) is 0 Å². The monoisotopic (exact) mass is 1540 g/mol. The molecule has 5 saturated carbocycles. The molecule has 27 heteroatoms. The number of rotatable bonds is 9. The van der Waals surface area contributed by atoms with Gasteiger partial charge in [-0.05, 0) is 183 Å². The fourth-order valence-electron chi connectivity index (χ4n) is 19.6. The Morgan fingerprint density at radius 2 is 1.24 bits per heavy atom. The van der Waals surface area contributed by atoms with E-state index in [1.54, 1.807) is 16.8 Å². The number of ether oxygens (including phenoxy) is 1. The predicted molar refractivity (Wildman–Crippen MR) is 411 cm³/mol. The number of hydrogen-bond donors (Lipinski definition) is 3. The van der Waals surface area contributed by atoms with Gasteiger partial charge in [-0.3, -0.25) is 57.5 Å². The first-order chi connectivity index (χ1) is 51.4. The lowest BCUT2D eigenvalue weighted by molar-refractivity contribution is -0.161. The van der Waals surface area contributed by atoms with Crippen LogP contribution in [0.1, 0.15) is 220 Å². The Kier molecular flexibility index (Phi) is 29.1. The molecule has 12 amide bonds. The topological polar surface area (TPSA) is 279 Å². The summed E-state index contributed by atoms with van der Waals surface area (Å²) in [5, 5.41) is 8.77. The van der Waals surface area contributed by atoms with E-state index < -0.39 is 162 Å². The van der Waals surface area contributed by atoms with Gasteiger partial charge in [0.05, 0.1) is 37.1 Å². The molecule has 7 fully saturated rings. The third-order valence-corrected chi connectivity index (χ3v) is 27.3. The molecule has 1 spiro atoms. The van der Waals surface area contributed by atoms with Gasteiger partial charge in [-0.25, -0.2) is 0 Å². The summed E-state index contributed by atoms with van der Waals surface area (Å²) in [5.74, 6) is -7.31. The maximum Gasteiger partial charge on any atom is 0.248 e. The number of hydrogen-bond acceptors (Lipinski definition) is 13. The van der Waals surface area contributed by atoms with Gasteiger partial charge in [-0.2, -0.15) is 0 Å². The molecule has 3 N–H and O–H groups in total. The largest absolute Gasteiger partial charge is 0.373 e. The van der Waals surface area contributed by atoms with E-state index >= 15 is 47.9 Å². The lowest BCUT2D eigenvalue weighted by Gasteiger charge is -2.54. The summed E-state index contributed by atoms with van der Waals surface area (Å²) < 4.78 is 6.76. The fourth-order valence-corrected chi connectivity index (χ4v) is 20.2. The van der Waals surface area contributed by atoms with Crippen LogP contribution in [0.3, 0.4) is 0 Å². The van der Waals surface area contributed by atoms with Gasteiger partial charge in [0, 0.05) is 80.3 Å². The number of likely N-dealkylation sites (N-methyl/N-ethyl adjacent to an activating group) is 6. The van der Waals surface area contributed by atoms with Gasteiger partial charge in [0.25, 0.3) is 0 Å². The summed E-state index contributed by atoms with van der Waals surface area (Å²) in [4.78, 5) is 199. The summed E-state index contributed by atoms with van der Waals surface area (Å²) >= 11 is 13.5. The Balaban J connectivity index is 1.07. The van der Waals surface area contributed by atoms with Gasteiger partial charge < -0.3 is 64.8 Å². The molecule has 5 aliphatic carbocycles. The summed E-state index contributed by atoms with van der Waals surface area (Å²) in [5.41, 5.74) is -2.03. The number of alkyl halides is 2. The molecule has 6 bridgehead atoms. The third-order valence-electron chi connectivity index (χ3n) is 26.2. The minimum Gasteiger partial charge on any atom is -0.373 e. The average Bonchev–Trinajstić information content (AvgIpc) is 0.924. The van der Waals surface area contributed by atoms with Crippen molar-refractivity contribution in [3.63, 3.8) is 0 Å². The van der Waals surface area contributed by atoms with Crippen molar-refractivity contribution < 1.29 is 62.3 Å². The minimum atomic E-state index is -1.56. The Morgan fingerprint density at radius 1 is 0.574 bits per heavy atom. The molecule has 7 heterocycles. The van der Waals surface area contributed by atoms with Crippen LogP contribution in [-0.2, 0) is 62.3 Å². The molecular formula is C81H126Cl2N12O13. The van der Waals surface area contributed by atoms with Crippen molar-refractivity contribution in [2.45, 2.75) is 297 Å². The van der Waals surface area contributed by atoms with E-state index in [0.717, 1.165) is 70.6 Å². The fraction of sp³-hybridized carbons (Fsp3) is 0.802. The quantitative estimate of drug-likeness (QED) is 0.116. The van der Waals surface area contributed by atoms with Crippen LogP contribution in [0.2, 0.25) is 0 Å². The van der Waals surface area contributed by atoms with Crippen molar-refractivity contribution in [1.29, 1.82) is 0 Å². The maximum absolute atomic E-state index is 16.1. The van der Waals surface area contributed by atoms with Crippen LogP contribution in [0, 0.1) is 35.0 Å². The molecule has 0 aromatic rings. The second-order valence-electron chi connectivity index (χ2n) is 34.7. The molecule has 602 valence electrons. The molecule has 0 aromatic carbocycles. The molecule has 3 unspecified atom stereocenters. The lowest BCUT2D eigenvalue weighted by atomic mass is 9.58. The van der Waals surface area contributed by atoms with Crippen molar-refractivity contribution >= 4 is 94.1 Å². The maximum atomic E-state index is 16.1. The van der Waals surface area contributed by atoms with Crippen LogP contribution in [0.15, 0.2) is 24.3 Å². The minimum absolute atomic E-state index is 0.00786. The molecule has 12 rings (SSSR count). The summed E-state index contributed by atoms with van der Waals surface area (Å²) in [6, 6.07) is -9.46. The second-order valence-corrected chi connectivity index (χ2v) is 35.9. The van der Waals surface area contributed by atoms with Gasteiger partial charge in [-0.1, -0.05) is 84.1 Å². The Hall–Kier alpha value is -6.34. The number of halogens is 2. The van der Waals surface area contributed by atoms with Crippen LogP contribution in [0.4, 0.5) is 0 Å². The molecule has 7 aliphatic heterocycles. The zero-order valence-corrected chi connectivity index (χ0v) is 67.7. The standard InChI is InChI=1S/C81H126Cl2N12O13/c1-11-51(2)69-77(105)88(6)48-68(98)90(8)62-30-16-13-21-41-94(76(62)104)65-43-54-33-31-52(32-34-54)24-14-12-15-29-61(71(99)85-69)89(7)67(97)45-64(75(103)93-39-22-23-40-93)91(9)78(106)70(55-25-17-18-26-55)92(10)79(107)81(49-80(3,4)50-81)86-72(100)63-44-57(108-56-27-19-20-28-56)46-95(63)73(101)60(84-66(96)47-87(5)74(65)102)38-36-53-35-37-58(82)59(83)42-53/h13-14,16,24,51-65,69-70H,11-12,15,17-23,25-50H2,1-10H3,(H,84,96)(H,85,99)(H,86,100)/b16-13-,24-14+/t51-,52?,53?,54?,57+,58?,59?,60-,61-,62-,63-,64-,65-,69-,70-/m0/s1. The van der Waals surface area contributed by atoms with Crippen LogP contribution in [-0.4, -0.2) is 273 Å². The van der Waals surface area contributed by atoms with Crippen molar-refractivity contribution in [3.05, 3.63) is 24.3 Å². The first-order valence-corrected chi connectivity index (χ1v) is 41.9. The first kappa shape index (κ1) is 84.1. The summed E-state index contributed by atoms with van der Waals surface area (Å²) in [6.07, 6.45) is 22.9. The molecular weight excluding hydrogens is 1420 g/mol. The molecule has 25 nitrogen and oxygen atoms in total. The molecule has 0 radical (unpaired) electrons. The van der Waals surface area contributed by atoms with E-state index in [1.807, 2.05) is 39.8 Å². The average molecular weight is 1550 g/mol. The number of carbonyl (C=O) groups is 12. The number of likely N-dealkylation sites (tertiary alicyclic amines) is 1. The SMILES string of the molecule is CC[C@H](C)[C@@H]1NC(=O)[C@@H]2CCC/C=C/C3CCC(CC3)C[C@@H](C(=O)N(C)CC(=O)N[C@@H](CCC3CCC(Cl)C(Cl)C3)C(=O)N3C[C@H](OC4CCCC4)C[C@H]3C(=O)NC3(CC(C)(C)C3)C(=O)N(C)[C@@H](C3CCCC3)C(=O)N(C)[C@H](C(=O)N3CCCC3)CC(=O)N2C)N2CC/C=C\C[C@@H](C2=O)N(C)C(=O)CN(C)C1=O. The van der Waals surface area contributed by atoms with Gasteiger partial charge >= 0.3 is 0 Å². The van der Waals surface area contributed by atoms with E-state index in [1.165, 1.54) is 69.5 Å².